The molecule has 3 N–H and O–H groups in total. The summed E-state index contributed by atoms with van der Waals surface area (Å²) in [5, 5.41) is 15.3. The molecule has 0 aliphatic carbocycles. The molecule has 1 aliphatic heterocycles. The zero-order chi connectivity index (χ0) is 26.0. The van der Waals surface area contributed by atoms with Gasteiger partial charge in [-0.15, -0.1) is 0 Å². The normalized spacial score (nSPS) is 18.0. The van der Waals surface area contributed by atoms with Crippen molar-refractivity contribution in [3.63, 3.8) is 0 Å². The van der Waals surface area contributed by atoms with Gasteiger partial charge in [-0.2, -0.15) is 5.10 Å². The van der Waals surface area contributed by atoms with E-state index >= 15 is 0 Å². The van der Waals surface area contributed by atoms with Crippen molar-refractivity contribution in [2.75, 3.05) is 13.1 Å². The summed E-state index contributed by atoms with van der Waals surface area (Å²) in [5.41, 5.74) is 8.64. The van der Waals surface area contributed by atoms with E-state index in [1.807, 2.05) is 36.0 Å². The van der Waals surface area contributed by atoms with Crippen LogP contribution in [0.3, 0.4) is 0 Å². The van der Waals surface area contributed by atoms with Gasteiger partial charge in [0.1, 0.15) is 23.5 Å². The van der Waals surface area contributed by atoms with Gasteiger partial charge in [-0.05, 0) is 52.3 Å². The summed E-state index contributed by atoms with van der Waals surface area (Å²) in [6.07, 6.45) is 2.31. The van der Waals surface area contributed by atoms with Crippen molar-refractivity contribution in [2.24, 2.45) is 12.8 Å². The Morgan fingerprint density at radius 3 is 2.72 bits per heavy atom. The topological polar surface area (TPSA) is 133 Å². The van der Waals surface area contributed by atoms with E-state index in [0.717, 1.165) is 40.7 Å². The second-order valence-electron chi connectivity index (χ2n) is 10.0. The van der Waals surface area contributed by atoms with Gasteiger partial charge in [-0.1, -0.05) is 12.1 Å². The lowest BCUT2D eigenvalue weighted by Crippen LogP contribution is -2.43. The number of aromatic nitrogens is 3. The molecule has 0 unspecified atom stereocenters. The van der Waals surface area contributed by atoms with Gasteiger partial charge in [0.05, 0.1) is 17.8 Å². The number of rotatable bonds is 7. The van der Waals surface area contributed by atoms with Crippen molar-refractivity contribution >= 4 is 23.0 Å². The van der Waals surface area contributed by atoms with Crippen LogP contribution in [0.2, 0.25) is 0 Å². The second kappa shape index (κ2) is 10.1. The summed E-state index contributed by atoms with van der Waals surface area (Å²) < 4.78 is 13.4. The number of nitrogens with two attached hydrogens (primary N) is 1. The number of nitrogens with zero attached hydrogens (tertiary/aromatic N) is 4. The van der Waals surface area contributed by atoms with Gasteiger partial charge in [-0.3, -0.25) is 14.6 Å². The highest BCUT2D eigenvalue weighted by Gasteiger charge is 2.42. The van der Waals surface area contributed by atoms with Gasteiger partial charge < -0.3 is 20.3 Å². The van der Waals surface area contributed by atoms with E-state index in [4.69, 9.17) is 15.2 Å². The average molecular weight is 496 g/mol. The molecule has 2 atom stereocenters. The molecular weight excluding hydrogens is 462 g/mol. The van der Waals surface area contributed by atoms with E-state index in [1.165, 1.54) is 4.90 Å². The number of carbonyl (C=O) groups is 2. The fourth-order valence-corrected chi connectivity index (χ4v) is 4.54. The zero-order valence-electron chi connectivity index (χ0n) is 21.1. The number of carboxylic acids is 1. The number of carboxylic acid groups (broad SMARTS) is 1. The number of hydrogen-bond donors (Lipinski definition) is 2. The van der Waals surface area contributed by atoms with Crippen molar-refractivity contribution < 1.29 is 24.2 Å². The predicted octanol–water partition coefficient (Wildman–Crippen LogP) is 3.37. The number of amides is 1. The minimum Gasteiger partial charge on any atom is -0.488 e. The number of likely N-dealkylation sites (tertiary alicyclic amines) is 1. The monoisotopic (exact) mass is 495 g/mol. The SMILES string of the molecule is Cn1nc2cccc(-c3cc(O[C@H]4C[C@@H](C(=O)O)N(C(=O)OC(C)(C)C)C4)ccn3)c2c1CCCN. The van der Waals surface area contributed by atoms with Crippen LogP contribution < -0.4 is 10.5 Å². The maximum Gasteiger partial charge on any atom is 0.411 e. The Bertz CT molecular complexity index is 1270. The third-order valence-corrected chi connectivity index (χ3v) is 6.08. The van der Waals surface area contributed by atoms with Crippen molar-refractivity contribution in [1.82, 2.24) is 19.7 Å². The first kappa shape index (κ1) is 25.4. The van der Waals surface area contributed by atoms with E-state index in [-0.39, 0.29) is 13.0 Å². The van der Waals surface area contributed by atoms with E-state index in [2.05, 4.69) is 10.1 Å². The molecule has 1 aromatic carbocycles. The van der Waals surface area contributed by atoms with Crippen molar-refractivity contribution in [3.8, 4) is 17.0 Å². The number of carbonyl (C=O) groups excluding carboxylic acids is 1. The third kappa shape index (κ3) is 5.43. The Hall–Kier alpha value is -3.66. The van der Waals surface area contributed by atoms with Crippen LogP contribution in [-0.2, 0) is 23.0 Å². The minimum atomic E-state index is -1.09. The highest BCUT2D eigenvalue weighted by atomic mass is 16.6. The lowest BCUT2D eigenvalue weighted by atomic mass is 10.0. The highest BCUT2D eigenvalue weighted by molar-refractivity contribution is 5.96. The summed E-state index contributed by atoms with van der Waals surface area (Å²) in [6.45, 7) is 5.94. The highest BCUT2D eigenvalue weighted by Crippen LogP contribution is 2.33. The molecule has 36 heavy (non-hydrogen) atoms. The smallest absolute Gasteiger partial charge is 0.411 e. The molecule has 2 aromatic heterocycles. The van der Waals surface area contributed by atoms with Gasteiger partial charge in [-0.25, -0.2) is 9.59 Å². The van der Waals surface area contributed by atoms with E-state index in [0.29, 0.717) is 12.3 Å². The van der Waals surface area contributed by atoms with Gasteiger partial charge in [0.15, 0.2) is 0 Å². The molecule has 1 amide bonds. The van der Waals surface area contributed by atoms with Gasteiger partial charge in [0.25, 0.3) is 0 Å². The number of aliphatic carboxylic acids is 1. The van der Waals surface area contributed by atoms with Crippen LogP contribution in [0.25, 0.3) is 22.2 Å². The number of hydrogen-bond acceptors (Lipinski definition) is 7. The number of aryl methyl sites for hydroxylation is 2. The minimum absolute atomic E-state index is 0.116. The molecule has 1 aliphatic rings. The maximum atomic E-state index is 12.6. The van der Waals surface area contributed by atoms with E-state index in [1.54, 1.807) is 33.0 Å². The Kier molecular flexibility index (Phi) is 7.16. The molecule has 10 heteroatoms. The molecule has 1 fully saturated rings. The molecule has 0 saturated carbocycles. The first-order valence-corrected chi connectivity index (χ1v) is 12.1. The molecular formula is C26H33N5O5. The van der Waals surface area contributed by atoms with Crippen LogP contribution in [0.5, 0.6) is 5.75 Å². The molecule has 4 rings (SSSR count). The predicted molar refractivity (Wildman–Crippen MR) is 135 cm³/mol. The molecule has 1 saturated heterocycles. The summed E-state index contributed by atoms with van der Waals surface area (Å²) in [4.78, 5) is 30.2. The Labute approximate surface area is 210 Å². The van der Waals surface area contributed by atoms with Gasteiger partial charge in [0, 0.05) is 42.4 Å². The molecule has 3 heterocycles. The van der Waals surface area contributed by atoms with Crippen molar-refractivity contribution in [2.45, 2.75) is 57.8 Å². The fraction of sp³-hybridized carbons (Fsp3) is 0.462. The molecule has 192 valence electrons. The Morgan fingerprint density at radius 2 is 2.03 bits per heavy atom. The van der Waals surface area contributed by atoms with E-state index < -0.39 is 29.8 Å². The van der Waals surface area contributed by atoms with Crippen molar-refractivity contribution in [3.05, 3.63) is 42.2 Å². The molecule has 0 radical (unpaired) electrons. The van der Waals surface area contributed by atoms with Gasteiger partial charge in [0.2, 0.25) is 0 Å². The quantitative estimate of drug-likeness (QED) is 0.510. The first-order chi connectivity index (χ1) is 17.1. The largest absolute Gasteiger partial charge is 0.488 e. The first-order valence-electron chi connectivity index (χ1n) is 12.1. The number of ether oxygens (including phenoxy) is 2. The van der Waals surface area contributed by atoms with Crippen LogP contribution in [0.1, 0.15) is 39.3 Å². The van der Waals surface area contributed by atoms with Crippen LogP contribution in [0.4, 0.5) is 4.79 Å². The number of fused-ring (bicyclic) bond motifs is 1. The van der Waals surface area contributed by atoms with Crippen LogP contribution in [0.15, 0.2) is 36.5 Å². The lowest BCUT2D eigenvalue weighted by Gasteiger charge is -2.26. The summed E-state index contributed by atoms with van der Waals surface area (Å²) in [5.74, 6) is -0.541. The molecule has 3 aromatic rings. The molecule has 10 nitrogen and oxygen atoms in total. The Balaban J connectivity index is 1.59. The Morgan fingerprint density at radius 1 is 1.25 bits per heavy atom. The zero-order valence-corrected chi connectivity index (χ0v) is 21.1. The number of benzene rings is 1. The lowest BCUT2D eigenvalue weighted by molar-refractivity contribution is -0.142. The fourth-order valence-electron chi connectivity index (χ4n) is 4.54. The second-order valence-corrected chi connectivity index (χ2v) is 10.0. The standard InChI is InChI=1S/C26H33N5O5/c1-26(2,3)36-25(34)31-15-17(14-22(31)24(32)33)35-16-10-12-28-20(13-16)18-7-5-8-19-23(18)21(9-6-11-27)30(4)29-19/h5,7-8,10,12-13,17,22H,6,9,11,14-15,27H2,1-4H3,(H,32,33)/t17-,22-/m0/s1. The average Bonchev–Trinajstić information content (AvgIpc) is 3.37. The summed E-state index contributed by atoms with van der Waals surface area (Å²) >= 11 is 0. The van der Waals surface area contributed by atoms with Crippen LogP contribution in [-0.4, -0.2) is 67.7 Å². The van der Waals surface area contributed by atoms with Gasteiger partial charge >= 0.3 is 12.1 Å². The number of pyridine rings is 1. The van der Waals surface area contributed by atoms with Crippen LogP contribution in [0, 0.1) is 0 Å². The summed E-state index contributed by atoms with van der Waals surface area (Å²) in [7, 11) is 1.93. The van der Waals surface area contributed by atoms with E-state index in [9.17, 15) is 14.7 Å². The maximum absolute atomic E-state index is 12.6. The molecule has 0 spiro atoms. The van der Waals surface area contributed by atoms with Crippen LogP contribution >= 0.6 is 0 Å². The molecule has 0 bridgehead atoms. The van der Waals surface area contributed by atoms with Crippen molar-refractivity contribution in [1.29, 1.82) is 0 Å². The third-order valence-electron chi connectivity index (χ3n) is 6.08. The summed E-state index contributed by atoms with van der Waals surface area (Å²) in [6, 6.07) is 8.47.